The minimum Gasteiger partial charge on any atom is -0.508 e. The van der Waals surface area contributed by atoms with Crippen LogP contribution in [0.2, 0.25) is 0 Å². The first-order chi connectivity index (χ1) is 11.2. The SMILES string of the molecule is CC[C@](N)(Cc1cc(I)c(Oc2ccc(O)cc2)c(I)c1)C(=O)O. The van der Waals surface area contributed by atoms with E-state index in [9.17, 15) is 15.0 Å². The van der Waals surface area contributed by atoms with Crippen LogP contribution in [-0.2, 0) is 11.2 Å². The summed E-state index contributed by atoms with van der Waals surface area (Å²) < 4.78 is 7.61. The molecule has 0 amide bonds. The van der Waals surface area contributed by atoms with Crippen molar-refractivity contribution in [1.29, 1.82) is 0 Å². The van der Waals surface area contributed by atoms with Crippen molar-refractivity contribution < 1.29 is 19.7 Å². The maximum Gasteiger partial charge on any atom is 0.324 e. The van der Waals surface area contributed by atoms with Crippen LogP contribution in [0.15, 0.2) is 36.4 Å². The van der Waals surface area contributed by atoms with Gasteiger partial charge in [-0.25, -0.2) is 0 Å². The quantitative estimate of drug-likeness (QED) is 0.469. The summed E-state index contributed by atoms with van der Waals surface area (Å²) in [5.74, 6) is 0.484. The Bertz CT molecular complexity index is 726. The standard InChI is InChI=1S/C17H17I2NO4/c1-2-17(20,16(22)23)9-10-7-13(18)15(14(19)8-10)24-12-5-3-11(21)4-6-12/h3-8,21H,2,9,20H2,1H3,(H,22,23)/t17-/m0/s1. The van der Waals surface area contributed by atoms with Crippen LogP contribution in [-0.4, -0.2) is 21.7 Å². The number of carboxylic acids is 1. The van der Waals surface area contributed by atoms with Gasteiger partial charge in [-0.15, -0.1) is 0 Å². The molecule has 1 atom stereocenters. The van der Waals surface area contributed by atoms with E-state index in [0.29, 0.717) is 17.9 Å². The number of hydrogen-bond donors (Lipinski definition) is 3. The monoisotopic (exact) mass is 553 g/mol. The number of hydrogen-bond acceptors (Lipinski definition) is 4. The average Bonchev–Trinajstić information content (AvgIpc) is 2.52. The molecule has 5 nitrogen and oxygen atoms in total. The van der Waals surface area contributed by atoms with Gasteiger partial charge in [0.25, 0.3) is 0 Å². The summed E-state index contributed by atoms with van der Waals surface area (Å²) in [6.45, 7) is 1.77. The number of carboxylic acid groups (broad SMARTS) is 1. The predicted molar refractivity (Wildman–Crippen MR) is 109 cm³/mol. The Morgan fingerprint density at radius 1 is 1.21 bits per heavy atom. The van der Waals surface area contributed by atoms with E-state index in [1.165, 1.54) is 0 Å². The van der Waals surface area contributed by atoms with Crippen molar-refractivity contribution in [2.45, 2.75) is 25.3 Å². The van der Waals surface area contributed by atoms with Crippen LogP contribution in [0.4, 0.5) is 0 Å². The van der Waals surface area contributed by atoms with Crippen molar-refractivity contribution in [2.24, 2.45) is 5.73 Å². The third-order valence-electron chi connectivity index (χ3n) is 3.69. The van der Waals surface area contributed by atoms with Gasteiger partial charge in [0.1, 0.15) is 17.0 Å². The molecule has 24 heavy (non-hydrogen) atoms. The van der Waals surface area contributed by atoms with Crippen LogP contribution in [0, 0.1) is 7.14 Å². The van der Waals surface area contributed by atoms with Gasteiger partial charge in [-0.3, -0.25) is 4.79 Å². The summed E-state index contributed by atoms with van der Waals surface area (Å²) in [5, 5.41) is 18.7. The second kappa shape index (κ2) is 7.87. The van der Waals surface area contributed by atoms with Crippen molar-refractivity contribution in [3.8, 4) is 17.2 Å². The molecule has 0 bridgehead atoms. The normalized spacial score (nSPS) is 13.3. The average molecular weight is 553 g/mol. The summed E-state index contributed by atoms with van der Waals surface area (Å²) in [4.78, 5) is 11.4. The predicted octanol–water partition coefficient (Wildman–Crippen LogP) is 4.13. The summed E-state index contributed by atoms with van der Waals surface area (Å²) in [6.07, 6.45) is 0.603. The first-order valence-corrected chi connectivity index (χ1v) is 9.38. The Morgan fingerprint density at radius 3 is 2.21 bits per heavy atom. The molecular formula is C17H17I2NO4. The first kappa shape index (κ1) is 19.3. The number of phenols is 1. The lowest BCUT2D eigenvalue weighted by atomic mass is 9.89. The van der Waals surface area contributed by atoms with Gasteiger partial charge in [-0.05, 0) is 93.6 Å². The fraction of sp³-hybridized carbons (Fsp3) is 0.235. The second-order valence-electron chi connectivity index (χ2n) is 5.48. The fourth-order valence-corrected chi connectivity index (χ4v) is 4.28. The highest BCUT2D eigenvalue weighted by Gasteiger charge is 2.32. The van der Waals surface area contributed by atoms with Gasteiger partial charge >= 0.3 is 5.97 Å². The zero-order valence-corrected chi connectivity index (χ0v) is 17.2. The molecule has 2 rings (SSSR count). The molecule has 2 aromatic rings. The molecule has 0 spiro atoms. The van der Waals surface area contributed by atoms with E-state index in [1.54, 1.807) is 31.2 Å². The van der Waals surface area contributed by atoms with E-state index < -0.39 is 11.5 Å². The van der Waals surface area contributed by atoms with Crippen molar-refractivity contribution >= 4 is 51.2 Å². The number of benzene rings is 2. The number of halogens is 2. The third kappa shape index (κ3) is 4.51. The summed E-state index contributed by atoms with van der Waals surface area (Å²) in [6, 6.07) is 10.3. The largest absolute Gasteiger partial charge is 0.508 e. The number of carbonyl (C=O) groups is 1. The number of aliphatic carboxylic acids is 1. The molecule has 0 heterocycles. The lowest BCUT2D eigenvalue weighted by Crippen LogP contribution is -2.49. The number of phenolic OH excluding ortho intramolecular Hbond substituents is 1. The molecule has 7 heteroatoms. The van der Waals surface area contributed by atoms with Gasteiger partial charge in [0.05, 0.1) is 7.14 Å². The number of nitrogens with two attached hydrogens (primary N) is 1. The highest BCUT2D eigenvalue weighted by atomic mass is 127. The molecule has 2 aromatic carbocycles. The van der Waals surface area contributed by atoms with E-state index in [4.69, 9.17) is 10.5 Å². The summed E-state index contributed by atoms with van der Waals surface area (Å²) >= 11 is 4.32. The van der Waals surface area contributed by atoms with Gasteiger partial charge in [0, 0.05) is 6.42 Å². The number of aromatic hydroxyl groups is 1. The Kier molecular flexibility index (Phi) is 6.32. The van der Waals surface area contributed by atoms with Gasteiger partial charge < -0.3 is 20.7 Å². The van der Waals surface area contributed by atoms with Gasteiger partial charge in [0.15, 0.2) is 5.75 Å². The minimum absolute atomic E-state index is 0.176. The number of rotatable bonds is 6. The summed E-state index contributed by atoms with van der Waals surface area (Å²) in [5.41, 5.74) is 5.57. The molecule has 0 fully saturated rings. The van der Waals surface area contributed by atoms with Crippen LogP contribution in [0.3, 0.4) is 0 Å². The van der Waals surface area contributed by atoms with Crippen LogP contribution in [0.5, 0.6) is 17.2 Å². The lowest BCUT2D eigenvalue weighted by Gasteiger charge is -2.23. The Balaban J connectivity index is 2.28. The Hall–Kier alpha value is -1.07. The van der Waals surface area contributed by atoms with E-state index in [1.807, 2.05) is 12.1 Å². The van der Waals surface area contributed by atoms with Crippen molar-refractivity contribution in [3.05, 3.63) is 49.1 Å². The molecule has 128 valence electrons. The molecule has 0 aliphatic carbocycles. The maximum absolute atomic E-state index is 11.4. The molecule has 0 radical (unpaired) electrons. The minimum atomic E-state index is -1.27. The zero-order chi connectivity index (χ0) is 17.9. The highest BCUT2D eigenvalue weighted by molar-refractivity contribution is 14.1. The Morgan fingerprint density at radius 2 is 1.75 bits per heavy atom. The Labute approximate surface area is 167 Å². The van der Waals surface area contributed by atoms with E-state index in [0.717, 1.165) is 12.7 Å². The van der Waals surface area contributed by atoms with Crippen LogP contribution < -0.4 is 10.5 Å². The molecule has 0 saturated heterocycles. The van der Waals surface area contributed by atoms with Crippen molar-refractivity contribution in [3.63, 3.8) is 0 Å². The van der Waals surface area contributed by atoms with E-state index >= 15 is 0 Å². The van der Waals surface area contributed by atoms with Gasteiger partial charge in [-0.2, -0.15) is 0 Å². The second-order valence-corrected chi connectivity index (χ2v) is 7.80. The molecule has 0 aliphatic rings. The smallest absolute Gasteiger partial charge is 0.324 e. The van der Waals surface area contributed by atoms with Crippen molar-refractivity contribution in [2.75, 3.05) is 0 Å². The topological polar surface area (TPSA) is 92.8 Å². The molecular weight excluding hydrogens is 536 g/mol. The lowest BCUT2D eigenvalue weighted by molar-refractivity contribution is -0.143. The molecule has 0 aromatic heterocycles. The molecule has 0 aliphatic heterocycles. The van der Waals surface area contributed by atoms with Crippen molar-refractivity contribution in [1.82, 2.24) is 0 Å². The molecule has 0 saturated carbocycles. The van der Waals surface area contributed by atoms with E-state index in [-0.39, 0.29) is 12.2 Å². The summed E-state index contributed by atoms with van der Waals surface area (Å²) in [7, 11) is 0. The maximum atomic E-state index is 11.4. The first-order valence-electron chi connectivity index (χ1n) is 7.22. The van der Waals surface area contributed by atoms with Crippen LogP contribution >= 0.6 is 45.2 Å². The molecule has 0 unspecified atom stereocenters. The molecule has 4 N–H and O–H groups in total. The highest BCUT2D eigenvalue weighted by Crippen LogP contribution is 2.34. The zero-order valence-electron chi connectivity index (χ0n) is 12.9. The fourth-order valence-electron chi connectivity index (χ4n) is 2.16. The number of ether oxygens (including phenoxy) is 1. The third-order valence-corrected chi connectivity index (χ3v) is 5.29. The van der Waals surface area contributed by atoms with Crippen LogP contribution in [0.25, 0.3) is 0 Å². The van der Waals surface area contributed by atoms with Gasteiger partial charge in [0.2, 0.25) is 0 Å². The van der Waals surface area contributed by atoms with Gasteiger partial charge in [-0.1, -0.05) is 6.92 Å². The van der Waals surface area contributed by atoms with Crippen LogP contribution in [0.1, 0.15) is 18.9 Å². The van der Waals surface area contributed by atoms with E-state index in [2.05, 4.69) is 45.2 Å².